The maximum absolute atomic E-state index is 12.9. The van der Waals surface area contributed by atoms with Gasteiger partial charge in [0.05, 0.1) is 22.8 Å². The zero-order chi connectivity index (χ0) is 19.8. The average molecular weight is 390 g/mol. The minimum absolute atomic E-state index is 0.00925. The molecule has 2 aromatic carbocycles. The summed E-state index contributed by atoms with van der Waals surface area (Å²) in [7, 11) is 0. The molecule has 0 aliphatic rings. The molecule has 144 valence electrons. The number of halogens is 1. The summed E-state index contributed by atoms with van der Waals surface area (Å²) in [4.78, 5) is 24.4. The first-order chi connectivity index (χ1) is 12.8. The van der Waals surface area contributed by atoms with Crippen LogP contribution in [0.5, 0.6) is 5.75 Å². The number of nitrogens with one attached hydrogen (secondary N) is 2. The Labute approximate surface area is 162 Å². The van der Waals surface area contributed by atoms with Crippen molar-refractivity contribution in [2.75, 3.05) is 16.4 Å². The molecule has 2 aromatic rings. The highest BCUT2D eigenvalue weighted by atomic mass is 32.2. The van der Waals surface area contributed by atoms with Crippen LogP contribution in [0.3, 0.4) is 0 Å². The molecule has 0 aliphatic carbocycles. The van der Waals surface area contributed by atoms with Crippen molar-refractivity contribution in [3.63, 3.8) is 0 Å². The lowest BCUT2D eigenvalue weighted by molar-refractivity contribution is -0.115. The summed E-state index contributed by atoms with van der Waals surface area (Å²) in [5.41, 5.74) is 1.11. The molecule has 0 spiro atoms. The second-order valence-corrected chi connectivity index (χ2v) is 7.49. The highest BCUT2D eigenvalue weighted by molar-refractivity contribution is 8.01. The minimum Gasteiger partial charge on any atom is -0.489 e. The van der Waals surface area contributed by atoms with Gasteiger partial charge in [-0.25, -0.2) is 4.39 Å². The fraction of sp³-hybridized carbons (Fsp3) is 0.300. The number of para-hydroxylation sites is 2. The van der Waals surface area contributed by atoms with Gasteiger partial charge in [0, 0.05) is 5.69 Å². The van der Waals surface area contributed by atoms with Crippen LogP contribution < -0.4 is 15.4 Å². The van der Waals surface area contributed by atoms with E-state index in [1.54, 1.807) is 19.1 Å². The van der Waals surface area contributed by atoms with E-state index in [1.165, 1.54) is 36.0 Å². The van der Waals surface area contributed by atoms with Crippen molar-refractivity contribution in [1.29, 1.82) is 0 Å². The maximum atomic E-state index is 12.9. The van der Waals surface area contributed by atoms with Gasteiger partial charge in [0.25, 0.3) is 0 Å². The molecule has 2 amide bonds. The topological polar surface area (TPSA) is 67.4 Å². The van der Waals surface area contributed by atoms with E-state index in [0.717, 1.165) is 0 Å². The summed E-state index contributed by atoms with van der Waals surface area (Å²) in [6.07, 6.45) is -0.00925. The molecule has 27 heavy (non-hydrogen) atoms. The predicted molar refractivity (Wildman–Crippen MR) is 108 cm³/mol. The van der Waals surface area contributed by atoms with Crippen LogP contribution in [0, 0.1) is 5.82 Å². The first kappa shape index (κ1) is 20.8. The zero-order valence-electron chi connectivity index (χ0n) is 15.5. The number of hydrogen-bond acceptors (Lipinski definition) is 4. The molecule has 0 aliphatic heterocycles. The lowest BCUT2D eigenvalue weighted by atomic mass is 10.2. The van der Waals surface area contributed by atoms with E-state index in [1.807, 2.05) is 26.0 Å². The molecule has 0 bridgehead atoms. The molecule has 0 aromatic heterocycles. The Bertz CT molecular complexity index is 781. The zero-order valence-corrected chi connectivity index (χ0v) is 16.3. The van der Waals surface area contributed by atoms with Crippen molar-refractivity contribution in [2.24, 2.45) is 0 Å². The normalized spacial score (nSPS) is 11.7. The van der Waals surface area contributed by atoms with Gasteiger partial charge in [0.1, 0.15) is 11.6 Å². The quantitative estimate of drug-likeness (QED) is 0.705. The molecule has 5 nitrogen and oxygen atoms in total. The number of benzene rings is 2. The molecule has 0 fully saturated rings. The Morgan fingerprint density at radius 3 is 2.37 bits per heavy atom. The van der Waals surface area contributed by atoms with Crippen molar-refractivity contribution in [2.45, 2.75) is 32.1 Å². The monoisotopic (exact) mass is 390 g/mol. The van der Waals surface area contributed by atoms with Crippen LogP contribution in [0.1, 0.15) is 20.8 Å². The van der Waals surface area contributed by atoms with Crippen molar-refractivity contribution < 1.29 is 18.7 Å². The Balaban J connectivity index is 1.85. The number of thioether (sulfide) groups is 1. The van der Waals surface area contributed by atoms with Crippen molar-refractivity contribution in [1.82, 2.24) is 0 Å². The Kier molecular flexibility index (Phi) is 7.67. The van der Waals surface area contributed by atoms with Crippen LogP contribution >= 0.6 is 11.8 Å². The fourth-order valence-electron chi connectivity index (χ4n) is 2.17. The third-order valence-corrected chi connectivity index (χ3v) is 4.61. The lowest BCUT2D eigenvalue weighted by Crippen LogP contribution is -2.25. The molecule has 7 heteroatoms. The molecule has 0 radical (unpaired) electrons. The molecule has 0 heterocycles. The summed E-state index contributed by atoms with van der Waals surface area (Å²) in [6, 6.07) is 12.7. The molecule has 2 rings (SSSR count). The van der Waals surface area contributed by atoms with Crippen LogP contribution in [0.2, 0.25) is 0 Å². The first-order valence-electron chi connectivity index (χ1n) is 8.58. The Hall–Kier alpha value is -2.54. The van der Waals surface area contributed by atoms with Crippen LogP contribution in [0.25, 0.3) is 0 Å². The molecule has 1 unspecified atom stereocenters. The van der Waals surface area contributed by atoms with Gasteiger partial charge in [0.2, 0.25) is 11.8 Å². The predicted octanol–water partition coefficient (Wildman–Crippen LogP) is 4.31. The second kappa shape index (κ2) is 9.97. The number of anilines is 2. The number of ether oxygens (including phenoxy) is 1. The standard InChI is InChI=1S/C20H23FN2O3S/c1-13(2)26-18-7-5-4-6-17(18)23-20(25)14(3)27-12-19(24)22-16-10-8-15(21)9-11-16/h4-11,13-14H,12H2,1-3H3,(H,22,24)(H,23,25). The van der Waals surface area contributed by atoms with Gasteiger partial charge < -0.3 is 15.4 Å². The number of carbonyl (C=O) groups excluding carboxylic acids is 2. The van der Waals surface area contributed by atoms with Gasteiger partial charge in [-0.3, -0.25) is 9.59 Å². The Morgan fingerprint density at radius 1 is 1.04 bits per heavy atom. The number of carbonyl (C=O) groups is 2. The van der Waals surface area contributed by atoms with E-state index >= 15 is 0 Å². The van der Waals surface area contributed by atoms with Crippen molar-refractivity contribution in [3.05, 3.63) is 54.3 Å². The van der Waals surface area contributed by atoms with Crippen LogP contribution in [-0.2, 0) is 9.59 Å². The van der Waals surface area contributed by atoms with Gasteiger partial charge in [0.15, 0.2) is 0 Å². The van der Waals surface area contributed by atoms with Gasteiger partial charge in [-0.1, -0.05) is 12.1 Å². The summed E-state index contributed by atoms with van der Waals surface area (Å²) >= 11 is 1.22. The third kappa shape index (κ3) is 6.94. The van der Waals surface area contributed by atoms with E-state index in [4.69, 9.17) is 4.74 Å². The first-order valence-corrected chi connectivity index (χ1v) is 9.63. The van der Waals surface area contributed by atoms with Crippen LogP contribution in [0.4, 0.5) is 15.8 Å². The summed E-state index contributed by atoms with van der Waals surface area (Å²) in [6.45, 7) is 5.56. The van der Waals surface area contributed by atoms with E-state index in [2.05, 4.69) is 10.6 Å². The van der Waals surface area contributed by atoms with Crippen molar-refractivity contribution >= 4 is 35.0 Å². The Morgan fingerprint density at radius 2 is 1.70 bits per heavy atom. The highest BCUT2D eigenvalue weighted by Gasteiger charge is 2.17. The smallest absolute Gasteiger partial charge is 0.237 e. The second-order valence-electron chi connectivity index (χ2n) is 6.16. The largest absolute Gasteiger partial charge is 0.489 e. The molecule has 0 saturated carbocycles. The van der Waals surface area contributed by atoms with Crippen LogP contribution in [0.15, 0.2) is 48.5 Å². The minimum atomic E-state index is -0.434. The van der Waals surface area contributed by atoms with E-state index in [0.29, 0.717) is 17.1 Å². The van der Waals surface area contributed by atoms with Gasteiger partial charge in [-0.15, -0.1) is 11.8 Å². The molecular formula is C20H23FN2O3S. The number of rotatable bonds is 8. The van der Waals surface area contributed by atoms with Gasteiger partial charge in [-0.2, -0.15) is 0 Å². The summed E-state index contributed by atoms with van der Waals surface area (Å²) in [5, 5.41) is 5.07. The lowest BCUT2D eigenvalue weighted by Gasteiger charge is -2.16. The van der Waals surface area contributed by atoms with E-state index in [-0.39, 0.29) is 29.5 Å². The summed E-state index contributed by atoms with van der Waals surface area (Å²) < 4.78 is 18.6. The van der Waals surface area contributed by atoms with Gasteiger partial charge >= 0.3 is 0 Å². The highest BCUT2D eigenvalue weighted by Crippen LogP contribution is 2.26. The number of amides is 2. The third-order valence-electron chi connectivity index (χ3n) is 3.47. The molecule has 2 N–H and O–H groups in total. The van der Waals surface area contributed by atoms with E-state index < -0.39 is 5.25 Å². The average Bonchev–Trinajstić information content (AvgIpc) is 2.62. The van der Waals surface area contributed by atoms with Gasteiger partial charge in [-0.05, 0) is 57.2 Å². The van der Waals surface area contributed by atoms with Crippen molar-refractivity contribution in [3.8, 4) is 5.75 Å². The molecular weight excluding hydrogens is 367 g/mol. The number of hydrogen-bond donors (Lipinski definition) is 2. The molecule has 0 saturated heterocycles. The molecule has 1 atom stereocenters. The summed E-state index contributed by atoms with van der Waals surface area (Å²) in [5.74, 6) is -0.124. The van der Waals surface area contributed by atoms with E-state index in [9.17, 15) is 14.0 Å². The fourth-order valence-corrected chi connectivity index (χ4v) is 2.85. The van der Waals surface area contributed by atoms with Crippen LogP contribution in [-0.4, -0.2) is 28.9 Å². The maximum Gasteiger partial charge on any atom is 0.237 e. The SMILES string of the molecule is CC(C)Oc1ccccc1NC(=O)C(C)SCC(=O)Nc1ccc(F)cc1.